The van der Waals surface area contributed by atoms with Gasteiger partial charge < -0.3 is 25.4 Å². The van der Waals surface area contributed by atoms with E-state index < -0.39 is 0 Å². The molecule has 3 N–H and O–H groups in total. The number of aromatic nitrogens is 2. The van der Waals surface area contributed by atoms with E-state index in [4.69, 9.17) is 4.98 Å². The van der Waals surface area contributed by atoms with Gasteiger partial charge in [-0.2, -0.15) is 0 Å². The van der Waals surface area contributed by atoms with Crippen LogP contribution in [0.3, 0.4) is 0 Å². The van der Waals surface area contributed by atoms with Crippen molar-refractivity contribution in [2.75, 3.05) is 56.0 Å². The van der Waals surface area contributed by atoms with Crippen molar-refractivity contribution in [1.29, 1.82) is 0 Å². The highest BCUT2D eigenvalue weighted by Gasteiger charge is 2.22. The number of rotatable bonds is 6. The third-order valence-electron chi connectivity index (χ3n) is 6.96. The van der Waals surface area contributed by atoms with E-state index in [-0.39, 0.29) is 5.82 Å². The first-order valence-electron chi connectivity index (χ1n) is 12.2. The summed E-state index contributed by atoms with van der Waals surface area (Å²) in [6, 6.07) is 8.39. The fourth-order valence-corrected chi connectivity index (χ4v) is 5.20. The number of hydrogen-bond donors (Lipinski definition) is 3. The molecule has 7 heteroatoms. The smallest absolute Gasteiger partial charge is 0.207 e. The van der Waals surface area contributed by atoms with E-state index in [1.54, 1.807) is 0 Å². The van der Waals surface area contributed by atoms with Gasteiger partial charge in [-0.05, 0) is 80.6 Å². The second kappa shape index (κ2) is 9.31. The minimum absolute atomic E-state index is 0.111. The molecule has 2 fully saturated rings. The number of nitrogens with one attached hydrogen (secondary N) is 3. The molecule has 0 aliphatic carbocycles. The molecule has 5 rings (SSSR count). The second-order valence-corrected chi connectivity index (χ2v) is 9.70. The Balaban J connectivity index is 1.57. The zero-order chi connectivity index (χ0) is 22.9. The number of hydrogen-bond acceptors (Lipinski definition) is 5. The van der Waals surface area contributed by atoms with Crippen molar-refractivity contribution in [3.63, 3.8) is 0 Å². The lowest BCUT2D eigenvalue weighted by Gasteiger charge is -2.29. The van der Waals surface area contributed by atoms with Gasteiger partial charge in [0.2, 0.25) is 5.95 Å². The van der Waals surface area contributed by atoms with Gasteiger partial charge in [0.15, 0.2) is 0 Å². The highest BCUT2D eigenvalue weighted by Crippen LogP contribution is 2.31. The molecule has 0 spiro atoms. The van der Waals surface area contributed by atoms with Crippen LogP contribution in [0.2, 0.25) is 0 Å². The van der Waals surface area contributed by atoms with E-state index in [9.17, 15) is 4.39 Å². The van der Waals surface area contributed by atoms with E-state index >= 15 is 0 Å². The van der Waals surface area contributed by atoms with E-state index in [2.05, 4.69) is 44.5 Å². The highest BCUT2D eigenvalue weighted by atomic mass is 19.1. The minimum atomic E-state index is -0.111. The number of fused-ring (bicyclic) bond motifs is 1. The summed E-state index contributed by atoms with van der Waals surface area (Å²) in [6.45, 7) is 13.4. The molecule has 6 nitrogen and oxygen atoms in total. The standard InChI is InChI=1S/C26H35FN6/c1-17-10-22(30-15-20-4-5-29-14-20)25-23(11-17)33(26(31-25)32-8-6-28-7-9-32)16-21-12-18(2)24(27)19(3)13-21/h10-13,20,28-30H,4-9,14-16H2,1-3H3/t20-/m0/s1. The van der Waals surface area contributed by atoms with Gasteiger partial charge in [0.25, 0.3) is 0 Å². The maximum atomic E-state index is 14.3. The first-order chi connectivity index (χ1) is 16.0. The van der Waals surface area contributed by atoms with E-state index in [0.717, 1.165) is 74.0 Å². The molecule has 0 bridgehead atoms. The average Bonchev–Trinajstić information content (AvgIpc) is 3.45. The van der Waals surface area contributed by atoms with Crippen LogP contribution < -0.4 is 20.9 Å². The largest absolute Gasteiger partial charge is 0.383 e. The number of nitrogens with zero attached hydrogens (tertiary/aromatic N) is 3. The number of aryl methyl sites for hydroxylation is 3. The molecule has 0 amide bonds. The van der Waals surface area contributed by atoms with Crippen LogP contribution in [-0.4, -0.2) is 55.4 Å². The zero-order valence-electron chi connectivity index (χ0n) is 20.0. The van der Waals surface area contributed by atoms with Crippen LogP contribution in [-0.2, 0) is 6.54 Å². The molecule has 0 saturated carbocycles. The first kappa shape index (κ1) is 22.2. The zero-order valence-corrected chi connectivity index (χ0v) is 20.0. The van der Waals surface area contributed by atoms with Crippen molar-refractivity contribution in [2.45, 2.75) is 33.7 Å². The lowest BCUT2D eigenvalue weighted by Crippen LogP contribution is -2.44. The van der Waals surface area contributed by atoms with Crippen LogP contribution in [0.1, 0.15) is 28.7 Å². The number of anilines is 2. The van der Waals surface area contributed by atoms with Crippen molar-refractivity contribution in [1.82, 2.24) is 20.2 Å². The van der Waals surface area contributed by atoms with Crippen molar-refractivity contribution in [3.8, 4) is 0 Å². The molecule has 2 aliphatic rings. The summed E-state index contributed by atoms with van der Waals surface area (Å²) >= 11 is 0. The Morgan fingerprint density at radius 2 is 1.79 bits per heavy atom. The molecule has 1 atom stereocenters. The summed E-state index contributed by atoms with van der Waals surface area (Å²) in [6.07, 6.45) is 1.21. The highest BCUT2D eigenvalue weighted by molar-refractivity contribution is 5.91. The van der Waals surface area contributed by atoms with Gasteiger partial charge in [0.1, 0.15) is 11.3 Å². The summed E-state index contributed by atoms with van der Waals surface area (Å²) in [5.74, 6) is 1.54. The maximum absolute atomic E-state index is 14.3. The van der Waals surface area contributed by atoms with Crippen molar-refractivity contribution in [2.24, 2.45) is 5.92 Å². The van der Waals surface area contributed by atoms with Crippen LogP contribution in [0.15, 0.2) is 24.3 Å². The topological polar surface area (TPSA) is 57.2 Å². The molecule has 3 aromatic rings. The maximum Gasteiger partial charge on any atom is 0.207 e. The van der Waals surface area contributed by atoms with Gasteiger partial charge in [0, 0.05) is 32.7 Å². The molecular formula is C26H35FN6. The van der Waals surface area contributed by atoms with E-state index in [1.165, 1.54) is 12.0 Å². The molecule has 3 heterocycles. The fraction of sp³-hybridized carbons (Fsp3) is 0.500. The predicted molar refractivity (Wildman–Crippen MR) is 134 cm³/mol. The van der Waals surface area contributed by atoms with Crippen LogP contribution in [0.25, 0.3) is 11.0 Å². The normalized spacial score (nSPS) is 18.9. The third kappa shape index (κ3) is 4.57. The predicted octanol–water partition coefficient (Wildman–Crippen LogP) is 3.58. The third-order valence-corrected chi connectivity index (χ3v) is 6.96. The Bertz CT molecular complexity index is 1120. The van der Waals surface area contributed by atoms with Gasteiger partial charge in [-0.3, -0.25) is 0 Å². The minimum Gasteiger partial charge on any atom is -0.383 e. The number of benzene rings is 2. The summed E-state index contributed by atoms with van der Waals surface area (Å²) in [5, 5.41) is 10.6. The average molecular weight is 451 g/mol. The number of halogens is 1. The fourth-order valence-electron chi connectivity index (χ4n) is 5.20. The molecule has 2 aromatic carbocycles. The summed E-state index contributed by atoms with van der Waals surface area (Å²) in [7, 11) is 0. The molecular weight excluding hydrogens is 415 g/mol. The number of piperazine rings is 1. The summed E-state index contributed by atoms with van der Waals surface area (Å²) in [4.78, 5) is 7.56. The van der Waals surface area contributed by atoms with Crippen LogP contribution in [0.5, 0.6) is 0 Å². The van der Waals surface area contributed by atoms with Crippen molar-refractivity contribution < 1.29 is 4.39 Å². The van der Waals surface area contributed by atoms with Gasteiger partial charge in [-0.25, -0.2) is 9.37 Å². The van der Waals surface area contributed by atoms with Gasteiger partial charge in [0.05, 0.1) is 17.7 Å². The van der Waals surface area contributed by atoms with Crippen LogP contribution in [0.4, 0.5) is 16.0 Å². The second-order valence-electron chi connectivity index (χ2n) is 9.70. The van der Waals surface area contributed by atoms with Gasteiger partial charge in [-0.1, -0.05) is 12.1 Å². The Morgan fingerprint density at radius 1 is 1.03 bits per heavy atom. The Morgan fingerprint density at radius 3 is 2.48 bits per heavy atom. The molecule has 0 unspecified atom stereocenters. The molecule has 33 heavy (non-hydrogen) atoms. The first-order valence-corrected chi connectivity index (χ1v) is 12.2. The molecule has 2 aliphatic heterocycles. The Hall–Kier alpha value is -2.64. The quantitative estimate of drug-likeness (QED) is 0.536. The van der Waals surface area contributed by atoms with Gasteiger partial charge in [-0.15, -0.1) is 0 Å². The van der Waals surface area contributed by atoms with Gasteiger partial charge >= 0.3 is 0 Å². The number of imidazole rings is 1. The monoisotopic (exact) mass is 450 g/mol. The SMILES string of the molecule is Cc1cc(NC[C@H]2CCNC2)c2nc(N3CCNCC3)n(Cc3cc(C)c(F)c(C)c3)c2c1. The molecule has 1 aromatic heterocycles. The van der Waals surface area contributed by atoms with Crippen LogP contribution >= 0.6 is 0 Å². The van der Waals surface area contributed by atoms with Crippen molar-refractivity contribution >= 4 is 22.7 Å². The van der Waals surface area contributed by atoms with E-state index in [1.807, 2.05) is 26.0 Å². The lowest BCUT2D eigenvalue weighted by atomic mass is 10.1. The molecule has 0 radical (unpaired) electrons. The summed E-state index contributed by atoms with van der Waals surface area (Å²) in [5.41, 5.74) is 6.98. The van der Waals surface area contributed by atoms with Crippen LogP contribution in [0, 0.1) is 32.5 Å². The lowest BCUT2D eigenvalue weighted by molar-refractivity contribution is 0.571. The Labute approximate surface area is 195 Å². The molecule has 2 saturated heterocycles. The molecule has 176 valence electrons. The van der Waals surface area contributed by atoms with Crippen molar-refractivity contribution in [3.05, 3.63) is 52.3 Å². The van der Waals surface area contributed by atoms with E-state index in [0.29, 0.717) is 23.6 Å². The summed E-state index contributed by atoms with van der Waals surface area (Å²) < 4.78 is 16.6. The Kier molecular flexibility index (Phi) is 6.25.